The fraction of sp³-hybridized carbons (Fsp3) is 0.125. The number of aryl methyl sites for hydroxylation is 1. The van der Waals surface area contributed by atoms with Crippen LogP contribution >= 0.6 is 11.3 Å². The summed E-state index contributed by atoms with van der Waals surface area (Å²) in [4.78, 5) is 14.6. The molecule has 0 saturated carbocycles. The van der Waals surface area contributed by atoms with Crippen LogP contribution < -0.4 is 5.43 Å². The van der Waals surface area contributed by atoms with Crippen molar-refractivity contribution in [1.82, 2.24) is 4.57 Å². The number of halogens is 2. The van der Waals surface area contributed by atoms with E-state index < -0.39 is 11.6 Å². The van der Waals surface area contributed by atoms with Crippen LogP contribution in [0.25, 0.3) is 10.2 Å². The lowest BCUT2D eigenvalue weighted by Gasteiger charge is -2.06. The van der Waals surface area contributed by atoms with Gasteiger partial charge in [-0.2, -0.15) is 0 Å². The third kappa shape index (κ3) is 4.13. The fourth-order valence-corrected chi connectivity index (χ4v) is 4.18. The van der Waals surface area contributed by atoms with Gasteiger partial charge in [0, 0.05) is 31.6 Å². The predicted octanol–water partition coefficient (Wildman–Crippen LogP) is 5.06. The first-order valence-electron chi connectivity index (χ1n) is 9.10. The van der Waals surface area contributed by atoms with Crippen molar-refractivity contribution in [2.45, 2.75) is 12.8 Å². The maximum Gasteiger partial charge on any atom is 0.193 e. The number of benzene rings is 2. The Hall–Kier alpha value is -3.23. The predicted molar refractivity (Wildman–Crippen MR) is 113 cm³/mol. The molecular weight excluding hydrogens is 388 g/mol. The van der Waals surface area contributed by atoms with E-state index in [9.17, 15) is 13.6 Å². The molecule has 0 amide bonds. The summed E-state index contributed by atoms with van der Waals surface area (Å²) >= 11 is 1.47. The van der Waals surface area contributed by atoms with E-state index in [-0.39, 0.29) is 11.8 Å². The first kappa shape index (κ1) is 19.1. The summed E-state index contributed by atoms with van der Waals surface area (Å²) in [7, 11) is 1.87. The summed E-state index contributed by atoms with van der Waals surface area (Å²) in [6.07, 6.45) is 2.64. The van der Waals surface area contributed by atoms with Crippen molar-refractivity contribution < 1.29 is 8.78 Å². The Morgan fingerprint density at radius 1 is 1.00 bits per heavy atom. The number of rotatable bonds is 3. The van der Waals surface area contributed by atoms with E-state index in [2.05, 4.69) is 11.8 Å². The Balaban J connectivity index is 1.65. The number of aromatic nitrogens is 1. The molecule has 0 N–H and O–H groups in total. The zero-order valence-electron chi connectivity index (χ0n) is 15.7. The van der Waals surface area contributed by atoms with E-state index in [1.54, 1.807) is 6.20 Å². The number of pyridine rings is 1. The molecule has 4 aromatic rings. The fourth-order valence-electron chi connectivity index (χ4n) is 3.22. The Morgan fingerprint density at radius 3 is 2.55 bits per heavy atom. The van der Waals surface area contributed by atoms with Gasteiger partial charge in [0.15, 0.2) is 17.1 Å². The molecule has 0 bridgehead atoms. The number of fused-ring (bicyclic) bond motifs is 1. The highest BCUT2D eigenvalue weighted by atomic mass is 32.1. The highest BCUT2D eigenvalue weighted by Gasteiger charge is 2.12. The smallest absolute Gasteiger partial charge is 0.193 e. The lowest BCUT2D eigenvalue weighted by atomic mass is 10.0. The first-order chi connectivity index (χ1) is 14.0. The largest absolute Gasteiger partial charge is 0.342 e. The van der Waals surface area contributed by atoms with Crippen LogP contribution in [0, 0.1) is 23.5 Å². The van der Waals surface area contributed by atoms with E-state index in [0.29, 0.717) is 22.9 Å². The molecule has 0 atom stereocenters. The lowest BCUT2D eigenvalue weighted by Crippen LogP contribution is -2.12. The Bertz CT molecular complexity index is 1310. The van der Waals surface area contributed by atoms with Gasteiger partial charge in [-0.05, 0) is 29.3 Å². The standard InChI is InChI=1S/C24H17F2NOS/c1-27-15-18(12-17-10-11-21(25)22(26)13-17)23(28)20-14-19(29-24(20)27)9-5-8-16-6-3-2-4-7-16/h2-4,6-7,10-11,13-15H,8,12H2,1H3. The molecular formula is C24H17F2NOS. The van der Waals surface area contributed by atoms with Crippen LogP contribution in [0.3, 0.4) is 0 Å². The number of nitrogens with zero attached hydrogens (tertiary/aromatic N) is 1. The average Bonchev–Trinajstić information content (AvgIpc) is 3.15. The second kappa shape index (κ2) is 8.02. The van der Waals surface area contributed by atoms with Crippen molar-refractivity contribution in [2.24, 2.45) is 7.05 Å². The highest BCUT2D eigenvalue weighted by Crippen LogP contribution is 2.23. The monoisotopic (exact) mass is 405 g/mol. The first-order valence-corrected chi connectivity index (χ1v) is 9.91. The normalized spacial score (nSPS) is 10.7. The molecule has 0 unspecified atom stereocenters. The van der Waals surface area contributed by atoms with E-state index >= 15 is 0 Å². The molecule has 2 nitrogen and oxygen atoms in total. The molecule has 2 aromatic heterocycles. The van der Waals surface area contributed by atoms with Crippen LogP contribution in [-0.4, -0.2) is 4.57 Å². The number of hydrogen-bond donors (Lipinski definition) is 0. The van der Waals surface area contributed by atoms with Crippen molar-refractivity contribution >= 4 is 21.6 Å². The third-order valence-corrected chi connectivity index (χ3v) is 5.79. The van der Waals surface area contributed by atoms with E-state index in [0.717, 1.165) is 27.4 Å². The molecule has 144 valence electrons. The Labute approximate surface area is 171 Å². The van der Waals surface area contributed by atoms with Crippen molar-refractivity contribution in [3.63, 3.8) is 0 Å². The minimum Gasteiger partial charge on any atom is -0.342 e. The molecule has 4 rings (SSSR count). The van der Waals surface area contributed by atoms with Crippen LogP contribution in [-0.2, 0) is 19.9 Å². The molecule has 2 aromatic carbocycles. The molecule has 0 spiro atoms. The number of hydrogen-bond acceptors (Lipinski definition) is 2. The van der Waals surface area contributed by atoms with Crippen molar-refractivity contribution in [3.05, 3.63) is 104 Å². The average molecular weight is 405 g/mol. The lowest BCUT2D eigenvalue weighted by molar-refractivity contribution is 0.507. The SMILES string of the molecule is Cn1cc(Cc2ccc(F)c(F)c2)c(=O)c2cc(C#CCc3ccccc3)sc21. The summed E-state index contributed by atoms with van der Waals surface area (Å²) < 4.78 is 28.5. The van der Waals surface area contributed by atoms with Crippen LogP contribution in [0.2, 0.25) is 0 Å². The number of thiophene rings is 1. The second-order valence-electron chi connectivity index (χ2n) is 6.81. The Morgan fingerprint density at radius 2 is 1.79 bits per heavy atom. The summed E-state index contributed by atoms with van der Waals surface area (Å²) in [5.74, 6) is 4.50. The zero-order chi connectivity index (χ0) is 20.4. The summed E-state index contributed by atoms with van der Waals surface area (Å²) in [5.41, 5.74) is 2.13. The Kier molecular flexibility index (Phi) is 5.28. The molecule has 5 heteroatoms. The molecule has 0 aliphatic carbocycles. The van der Waals surface area contributed by atoms with Gasteiger partial charge < -0.3 is 4.57 Å². The summed E-state index contributed by atoms with van der Waals surface area (Å²) in [6.45, 7) is 0. The quantitative estimate of drug-likeness (QED) is 0.437. The van der Waals surface area contributed by atoms with Crippen LogP contribution in [0.1, 0.15) is 21.6 Å². The molecule has 0 aliphatic heterocycles. The van der Waals surface area contributed by atoms with Gasteiger partial charge in [-0.3, -0.25) is 4.79 Å². The van der Waals surface area contributed by atoms with Crippen LogP contribution in [0.4, 0.5) is 8.78 Å². The van der Waals surface area contributed by atoms with E-state index in [1.165, 1.54) is 17.4 Å². The van der Waals surface area contributed by atoms with Gasteiger partial charge in [-0.25, -0.2) is 8.78 Å². The highest BCUT2D eigenvalue weighted by molar-refractivity contribution is 7.19. The van der Waals surface area contributed by atoms with Crippen molar-refractivity contribution in [2.75, 3.05) is 0 Å². The van der Waals surface area contributed by atoms with E-state index in [1.807, 2.05) is 48.0 Å². The molecule has 0 saturated heterocycles. The van der Waals surface area contributed by atoms with Crippen LogP contribution in [0.15, 0.2) is 65.6 Å². The minimum atomic E-state index is -0.910. The van der Waals surface area contributed by atoms with Gasteiger partial charge in [0.25, 0.3) is 0 Å². The third-order valence-electron chi connectivity index (χ3n) is 4.64. The zero-order valence-corrected chi connectivity index (χ0v) is 16.5. The molecule has 0 aliphatic rings. The van der Waals surface area contributed by atoms with Crippen molar-refractivity contribution in [1.29, 1.82) is 0 Å². The molecule has 0 fully saturated rings. The maximum atomic E-state index is 13.5. The summed E-state index contributed by atoms with van der Waals surface area (Å²) in [6, 6.07) is 15.5. The maximum absolute atomic E-state index is 13.5. The molecule has 2 heterocycles. The topological polar surface area (TPSA) is 22.0 Å². The summed E-state index contributed by atoms with van der Waals surface area (Å²) in [5, 5.41) is 0.599. The second-order valence-corrected chi connectivity index (χ2v) is 7.84. The van der Waals surface area contributed by atoms with Gasteiger partial charge >= 0.3 is 0 Å². The van der Waals surface area contributed by atoms with Gasteiger partial charge in [0.05, 0.1) is 10.3 Å². The molecule has 0 radical (unpaired) electrons. The van der Waals surface area contributed by atoms with Gasteiger partial charge in [-0.15, -0.1) is 11.3 Å². The van der Waals surface area contributed by atoms with Gasteiger partial charge in [0.2, 0.25) is 0 Å². The van der Waals surface area contributed by atoms with Gasteiger partial charge in [0.1, 0.15) is 4.83 Å². The van der Waals surface area contributed by atoms with Gasteiger partial charge in [-0.1, -0.05) is 48.2 Å². The van der Waals surface area contributed by atoms with E-state index in [4.69, 9.17) is 0 Å². The van der Waals surface area contributed by atoms with Crippen LogP contribution in [0.5, 0.6) is 0 Å². The van der Waals surface area contributed by atoms with Crippen molar-refractivity contribution in [3.8, 4) is 11.8 Å². The molecule has 29 heavy (non-hydrogen) atoms. The minimum absolute atomic E-state index is 0.102.